The maximum absolute atomic E-state index is 12.6. The zero-order valence-electron chi connectivity index (χ0n) is 23.8. The lowest BCUT2D eigenvalue weighted by Crippen LogP contribution is -2.60. The molecule has 7 atom stereocenters. The highest BCUT2D eigenvalue weighted by Gasteiger charge is 2.58. The average molecular weight is 521 g/mol. The van der Waals surface area contributed by atoms with E-state index in [2.05, 4.69) is 42.4 Å². The number of nitrogens with zero attached hydrogens (tertiary/aromatic N) is 1. The molecule has 0 bridgehead atoms. The molecular weight excluding hydrogens is 476 g/mol. The number of aliphatic carboxylic acids is 1. The largest absolute Gasteiger partial charge is 0.480 e. The molecule has 6 nitrogen and oxygen atoms in total. The molecule has 5 rings (SSSR count). The van der Waals surface area contributed by atoms with Crippen molar-refractivity contribution in [2.45, 2.75) is 97.6 Å². The van der Waals surface area contributed by atoms with Gasteiger partial charge in [0.2, 0.25) is 0 Å². The van der Waals surface area contributed by atoms with E-state index >= 15 is 0 Å². The predicted octanol–water partition coefficient (Wildman–Crippen LogP) is 7.02. The lowest BCUT2D eigenvalue weighted by molar-refractivity contribution is -0.147. The first-order valence-corrected chi connectivity index (χ1v) is 14.3. The second kappa shape index (κ2) is 9.24. The number of carbonyl (C=O) groups is 2. The Hall–Kier alpha value is -2.63. The maximum atomic E-state index is 12.6. The van der Waals surface area contributed by atoms with Gasteiger partial charge in [-0.05, 0) is 124 Å². The summed E-state index contributed by atoms with van der Waals surface area (Å²) in [7, 11) is 0. The number of ether oxygens (including phenoxy) is 1. The minimum absolute atomic E-state index is 0.0864. The van der Waals surface area contributed by atoms with Gasteiger partial charge in [-0.1, -0.05) is 37.6 Å². The normalized spacial score (nSPS) is 35.9. The summed E-state index contributed by atoms with van der Waals surface area (Å²) in [6.07, 6.45) is 15.1. The topological polar surface area (TPSA) is 88.5 Å². The lowest BCUT2D eigenvalue weighted by Gasteiger charge is -2.58. The van der Waals surface area contributed by atoms with Crippen LogP contribution in [0.25, 0.3) is 5.57 Å². The van der Waals surface area contributed by atoms with Crippen LogP contribution in [0.1, 0.15) is 92.1 Å². The molecule has 0 aliphatic heterocycles. The van der Waals surface area contributed by atoms with Crippen LogP contribution in [0, 0.1) is 34.5 Å². The van der Waals surface area contributed by atoms with Gasteiger partial charge < -0.3 is 15.2 Å². The number of carboxylic acids is 1. The van der Waals surface area contributed by atoms with Crippen molar-refractivity contribution in [3.8, 4) is 0 Å². The molecule has 2 saturated carbocycles. The number of aromatic nitrogens is 1. The van der Waals surface area contributed by atoms with Gasteiger partial charge in [0.25, 0.3) is 0 Å². The van der Waals surface area contributed by atoms with Crippen molar-refractivity contribution in [2.75, 3.05) is 0 Å². The van der Waals surface area contributed by atoms with E-state index in [1.807, 2.05) is 18.5 Å². The molecule has 1 heterocycles. The monoisotopic (exact) mass is 520 g/mol. The fourth-order valence-electron chi connectivity index (χ4n) is 8.54. The van der Waals surface area contributed by atoms with E-state index in [9.17, 15) is 14.7 Å². The molecule has 1 aromatic heterocycles. The van der Waals surface area contributed by atoms with Gasteiger partial charge in [-0.2, -0.15) is 0 Å². The van der Waals surface area contributed by atoms with Gasteiger partial charge in [0.15, 0.2) is 0 Å². The van der Waals surface area contributed by atoms with Crippen LogP contribution in [0.2, 0.25) is 0 Å². The summed E-state index contributed by atoms with van der Waals surface area (Å²) in [4.78, 5) is 29.5. The lowest BCUT2D eigenvalue weighted by atomic mass is 9.46. The first-order valence-electron chi connectivity index (χ1n) is 14.3. The van der Waals surface area contributed by atoms with Crippen molar-refractivity contribution < 1.29 is 19.4 Å². The third-order valence-electron chi connectivity index (χ3n) is 10.7. The highest BCUT2D eigenvalue weighted by atomic mass is 16.6. The van der Waals surface area contributed by atoms with Crippen LogP contribution in [-0.4, -0.2) is 33.3 Å². The van der Waals surface area contributed by atoms with Crippen molar-refractivity contribution in [1.82, 2.24) is 10.3 Å². The number of pyridine rings is 1. The molecule has 1 aromatic rings. The molecule has 0 aromatic carbocycles. The molecule has 38 heavy (non-hydrogen) atoms. The number of allylic oxidation sites excluding steroid dienone is 4. The number of hydrogen-bond donors (Lipinski definition) is 2. The van der Waals surface area contributed by atoms with Crippen molar-refractivity contribution in [3.63, 3.8) is 0 Å². The fraction of sp³-hybridized carbons (Fsp3) is 0.656. The van der Waals surface area contributed by atoms with Crippen LogP contribution in [0.5, 0.6) is 0 Å². The molecule has 0 spiro atoms. The number of amides is 1. The molecule has 2 fully saturated rings. The van der Waals surface area contributed by atoms with Crippen LogP contribution in [0.3, 0.4) is 0 Å². The smallest absolute Gasteiger partial charge is 0.408 e. The summed E-state index contributed by atoms with van der Waals surface area (Å²) in [6.45, 7) is 11.9. The zero-order valence-corrected chi connectivity index (χ0v) is 23.8. The van der Waals surface area contributed by atoms with Crippen LogP contribution in [-0.2, 0) is 9.53 Å². The first kappa shape index (κ1) is 27.0. The molecule has 2 N–H and O–H groups in total. The summed E-state index contributed by atoms with van der Waals surface area (Å²) >= 11 is 0. The predicted molar refractivity (Wildman–Crippen MR) is 148 cm³/mol. The SMILES string of the molecule is CC(C)(C)OC(=O)NC(C)(C(=O)O)[C@H]1CC[C@@]2(C)C(=CC[C@@H]3[C@@H]2CC[C@]2(C)C(c4cccnc4)=CC[C@@H]32)C1. The molecule has 0 radical (unpaired) electrons. The quantitative estimate of drug-likeness (QED) is 0.416. The second-order valence-corrected chi connectivity index (χ2v) is 13.9. The standard InChI is InChI=1S/C32H44N2O4/c1-29(2,3)38-28(37)34-32(6,27(35)36)22-13-15-30(4)21(18-22)9-10-23-25-12-11-24(20-8-7-17-33-19-20)31(25,5)16-14-26(23)30/h7-9,11,17,19,22-23,25-26H,10,12-16,18H2,1-6H3,(H,34,37)(H,35,36)/t22-,23-,25-,26-,30-,31+,32?/m0/s1. The number of carboxylic acid groups (broad SMARTS) is 1. The van der Waals surface area contributed by atoms with Crippen molar-refractivity contribution in [2.24, 2.45) is 34.5 Å². The molecule has 4 aliphatic rings. The van der Waals surface area contributed by atoms with Crippen LogP contribution < -0.4 is 5.32 Å². The van der Waals surface area contributed by atoms with Crippen molar-refractivity contribution >= 4 is 17.6 Å². The van der Waals surface area contributed by atoms with Gasteiger partial charge in [-0.15, -0.1) is 0 Å². The number of nitrogens with one attached hydrogen (secondary N) is 1. The van der Waals surface area contributed by atoms with Gasteiger partial charge in [-0.25, -0.2) is 9.59 Å². The van der Waals surface area contributed by atoms with Gasteiger partial charge >= 0.3 is 12.1 Å². The first-order chi connectivity index (χ1) is 17.8. The Bertz CT molecular complexity index is 1170. The molecule has 1 unspecified atom stereocenters. The highest BCUT2D eigenvalue weighted by Crippen LogP contribution is 2.66. The van der Waals surface area contributed by atoms with E-state index in [0.29, 0.717) is 24.2 Å². The minimum Gasteiger partial charge on any atom is -0.480 e. The van der Waals surface area contributed by atoms with Gasteiger partial charge in [-0.3, -0.25) is 4.98 Å². The summed E-state index contributed by atoms with van der Waals surface area (Å²) in [5.74, 6) is 0.692. The summed E-state index contributed by atoms with van der Waals surface area (Å²) in [5.41, 5.74) is 2.35. The van der Waals surface area contributed by atoms with Crippen molar-refractivity contribution in [3.05, 3.63) is 47.8 Å². The number of rotatable bonds is 4. The summed E-state index contributed by atoms with van der Waals surface area (Å²) in [5, 5.41) is 13.0. The second-order valence-electron chi connectivity index (χ2n) is 13.9. The molecule has 1 amide bonds. The molecule has 4 aliphatic carbocycles. The van der Waals surface area contributed by atoms with Gasteiger partial charge in [0.05, 0.1) is 0 Å². The highest BCUT2D eigenvalue weighted by molar-refractivity contribution is 5.84. The Kier molecular flexibility index (Phi) is 6.55. The maximum Gasteiger partial charge on any atom is 0.408 e. The Morgan fingerprint density at radius 3 is 2.45 bits per heavy atom. The Morgan fingerprint density at radius 1 is 1.05 bits per heavy atom. The van der Waals surface area contributed by atoms with E-state index < -0.39 is 23.2 Å². The van der Waals surface area contributed by atoms with E-state index in [1.54, 1.807) is 27.7 Å². The van der Waals surface area contributed by atoms with Gasteiger partial charge in [0.1, 0.15) is 11.1 Å². The number of carbonyl (C=O) groups excluding carboxylic acids is 1. The van der Waals surface area contributed by atoms with E-state index in [4.69, 9.17) is 4.74 Å². The number of hydrogen-bond acceptors (Lipinski definition) is 4. The van der Waals surface area contributed by atoms with E-state index in [0.717, 1.165) is 25.7 Å². The number of alkyl carbamates (subject to hydrolysis) is 1. The number of fused-ring (bicyclic) bond motifs is 5. The molecule has 0 saturated heterocycles. The average Bonchev–Trinajstić information content (AvgIpc) is 3.19. The van der Waals surface area contributed by atoms with E-state index in [-0.39, 0.29) is 16.7 Å². The third-order valence-corrected chi connectivity index (χ3v) is 10.7. The summed E-state index contributed by atoms with van der Waals surface area (Å²) in [6, 6.07) is 4.24. The Balaban J connectivity index is 1.36. The Labute approximate surface area is 227 Å². The van der Waals surface area contributed by atoms with Crippen LogP contribution in [0.4, 0.5) is 4.79 Å². The summed E-state index contributed by atoms with van der Waals surface area (Å²) < 4.78 is 5.42. The van der Waals surface area contributed by atoms with Crippen LogP contribution in [0.15, 0.2) is 42.3 Å². The molecule has 206 valence electrons. The van der Waals surface area contributed by atoms with E-state index in [1.165, 1.54) is 29.6 Å². The molecular formula is C32H44N2O4. The Morgan fingerprint density at radius 2 is 1.79 bits per heavy atom. The molecule has 6 heteroatoms. The van der Waals surface area contributed by atoms with Gasteiger partial charge in [0, 0.05) is 12.4 Å². The zero-order chi connectivity index (χ0) is 27.5. The third kappa shape index (κ3) is 4.38. The van der Waals surface area contributed by atoms with Crippen molar-refractivity contribution in [1.29, 1.82) is 0 Å². The fourth-order valence-corrected chi connectivity index (χ4v) is 8.54. The minimum atomic E-state index is -1.37. The van der Waals surface area contributed by atoms with Crippen LogP contribution >= 0.6 is 0 Å².